The van der Waals surface area contributed by atoms with Gasteiger partial charge in [-0.3, -0.25) is 9.59 Å². The van der Waals surface area contributed by atoms with Crippen LogP contribution < -0.4 is 10.6 Å². The van der Waals surface area contributed by atoms with Gasteiger partial charge in [0.2, 0.25) is 5.91 Å². The maximum atomic E-state index is 13.0. The van der Waals surface area contributed by atoms with Gasteiger partial charge >= 0.3 is 6.18 Å². The number of allylic oxidation sites excluding steroid dienone is 1. The van der Waals surface area contributed by atoms with Gasteiger partial charge in [0.05, 0.1) is 28.1 Å². The Morgan fingerprint density at radius 1 is 1.16 bits per heavy atom. The predicted octanol–water partition coefficient (Wildman–Crippen LogP) is 6.30. The Morgan fingerprint density at radius 2 is 1.84 bits per heavy atom. The van der Waals surface area contributed by atoms with E-state index in [0.29, 0.717) is 23.1 Å². The third kappa shape index (κ3) is 7.38. The molecule has 3 rings (SSSR count). The van der Waals surface area contributed by atoms with E-state index >= 15 is 0 Å². The summed E-state index contributed by atoms with van der Waals surface area (Å²) in [6.45, 7) is 9.89. The Morgan fingerprint density at radius 3 is 2.45 bits per heavy atom. The Bertz CT molecular complexity index is 1310. The summed E-state index contributed by atoms with van der Waals surface area (Å²) >= 11 is 7.02. The first-order chi connectivity index (χ1) is 17.9. The molecule has 1 aromatic heterocycles. The molecule has 0 saturated heterocycles. The summed E-state index contributed by atoms with van der Waals surface area (Å²) in [5, 5.41) is 14.3. The van der Waals surface area contributed by atoms with Gasteiger partial charge in [0.15, 0.2) is 11.0 Å². The van der Waals surface area contributed by atoms with Crippen LogP contribution in [0.4, 0.5) is 18.9 Å². The number of nitrogens with one attached hydrogen (secondary N) is 2. The first kappa shape index (κ1) is 29.2. The number of hydrogen-bond donors (Lipinski definition) is 2. The average Bonchev–Trinajstić information content (AvgIpc) is 3.24. The lowest BCUT2D eigenvalue weighted by Gasteiger charge is -2.22. The second-order valence-electron chi connectivity index (χ2n) is 8.83. The lowest BCUT2D eigenvalue weighted by atomic mass is 10.0. The van der Waals surface area contributed by atoms with Crippen molar-refractivity contribution < 1.29 is 22.8 Å². The first-order valence-corrected chi connectivity index (χ1v) is 13.0. The van der Waals surface area contributed by atoms with Crippen molar-refractivity contribution >= 4 is 40.9 Å². The summed E-state index contributed by atoms with van der Waals surface area (Å²) in [7, 11) is 0. The van der Waals surface area contributed by atoms with Crippen LogP contribution >= 0.6 is 23.4 Å². The van der Waals surface area contributed by atoms with Crippen LogP contribution in [0.5, 0.6) is 0 Å². The number of nitrogens with zero attached hydrogens (tertiary/aromatic N) is 3. The molecule has 2 amide bonds. The highest BCUT2D eigenvalue weighted by atomic mass is 35.5. The van der Waals surface area contributed by atoms with Gasteiger partial charge in [0, 0.05) is 12.1 Å². The summed E-state index contributed by atoms with van der Waals surface area (Å²) in [6.07, 6.45) is -2.93. The van der Waals surface area contributed by atoms with Gasteiger partial charge in [0.1, 0.15) is 0 Å². The van der Waals surface area contributed by atoms with Gasteiger partial charge in [0.25, 0.3) is 5.91 Å². The van der Waals surface area contributed by atoms with Crippen molar-refractivity contribution in [2.45, 2.75) is 44.7 Å². The molecular formula is C26H27ClF3N5O2S. The molecule has 0 spiro atoms. The highest BCUT2D eigenvalue weighted by molar-refractivity contribution is 7.99. The molecule has 3 aromatic rings. The maximum Gasteiger partial charge on any atom is 0.416 e. The predicted molar refractivity (Wildman–Crippen MR) is 142 cm³/mol. The molecule has 0 radical (unpaired) electrons. The summed E-state index contributed by atoms with van der Waals surface area (Å²) in [5.74, 6) is -0.544. The fraction of sp³-hybridized carbons (Fsp3) is 0.308. The lowest BCUT2D eigenvalue weighted by Crippen LogP contribution is -2.33. The van der Waals surface area contributed by atoms with Gasteiger partial charge in [-0.15, -0.1) is 16.8 Å². The third-order valence-corrected chi connectivity index (χ3v) is 6.80. The zero-order valence-corrected chi connectivity index (χ0v) is 22.5. The molecular weight excluding hydrogens is 539 g/mol. The van der Waals surface area contributed by atoms with E-state index in [1.807, 2.05) is 32.9 Å². The number of amides is 2. The molecule has 0 aliphatic heterocycles. The summed E-state index contributed by atoms with van der Waals surface area (Å²) < 4.78 is 40.8. The van der Waals surface area contributed by atoms with Gasteiger partial charge in [-0.2, -0.15) is 13.2 Å². The Balaban J connectivity index is 1.76. The van der Waals surface area contributed by atoms with Crippen molar-refractivity contribution in [2.24, 2.45) is 5.92 Å². The van der Waals surface area contributed by atoms with E-state index in [1.54, 1.807) is 22.8 Å². The van der Waals surface area contributed by atoms with Crippen LogP contribution in [0.3, 0.4) is 0 Å². The number of benzene rings is 2. The zero-order chi connectivity index (χ0) is 28.0. The molecule has 7 nitrogen and oxygen atoms in total. The highest BCUT2D eigenvalue weighted by Crippen LogP contribution is 2.34. The number of aryl methyl sites for hydroxylation is 1. The van der Waals surface area contributed by atoms with Crippen molar-refractivity contribution in [1.29, 1.82) is 0 Å². The topological polar surface area (TPSA) is 88.9 Å². The largest absolute Gasteiger partial charge is 0.416 e. The Labute approximate surface area is 227 Å². The molecule has 202 valence electrons. The van der Waals surface area contributed by atoms with Crippen LogP contribution in [-0.4, -0.2) is 32.3 Å². The van der Waals surface area contributed by atoms with Gasteiger partial charge < -0.3 is 15.2 Å². The van der Waals surface area contributed by atoms with Gasteiger partial charge in [-0.25, -0.2) is 0 Å². The molecule has 0 aliphatic rings. The van der Waals surface area contributed by atoms with Crippen molar-refractivity contribution in [3.63, 3.8) is 0 Å². The second-order valence-corrected chi connectivity index (χ2v) is 10.2. The molecule has 0 aliphatic carbocycles. The number of rotatable bonds is 10. The lowest BCUT2D eigenvalue weighted by molar-refractivity contribution is -0.137. The standard InChI is InChI=1S/C26H27ClF3N5O2S/c1-5-12-35-23(22(15(2)3)32-24(37)17-8-6-16(4)7-9-17)33-34-25(35)38-14-21(36)31-20-13-18(26(28,29)30)10-11-19(20)27/h5-11,13,15,22H,1,12,14H2,2-4H3,(H,31,36)(H,32,37)/t22-/m1/s1. The quantitative estimate of drug-likeness (QED) is 0.222. The molecule has 0 saturated carbocycles. The minimum atomic E-state index is -4.57. The van der Waals surface area contributed by atoms with E-state index in [2.05, 4.69) is 27.4 Å². The second kappa shape index (κ2) is 12.5. The number of halogens is 4. The molecule has 0 unspecified atom stereocenters. The third-order valence-electron chi connectivity index (χ3n) is 5.50. The number of anilines is 1. The van der Waals surface area contributed by atoms with E-state index in [-0.39, 0.29) is 28.3 Å². The van der Waals surface area contributed by atoms with Crippen molar-refractivity contribution in [1.82, 2.24) is 20.1 Å². The highest BCUT2D eigenvalue weighted by Gasteiger charge is 2.31. The number of thioether (sulfide) groups is 1. The average molecular weight is 566 g/mol. The fourth-order valence-electron chi connectivity index (χ4n) is 3.51. The Kier molecular flexibility index (Phi) is 9.61. The summed E-state index contributed by atoms with van der Waals surface area (Å²) in [6, 6.07) is 9.42. The van der Waals surface area contributed by atoms with Crippen LogP contribution in [0.1, 0.15) is 47.2 Å². The van der Waals surface area contributed by atoms with Crippen molar-refractivity contribution in [3.05, 3.63) is 82.7 Å². The van der Waals surface area contributed by atoms with Gasteiger partial charge in [-0.1, -0.05) is 61.0 Å². The number of aromatic nitrogens is 3. The van der Waals surface area contributed by atoms with E-state index in [1.165, 1.54) is 0 Å². The normalized spacial score (nSPS) is 12.3. The molecule has 38 heavy (non-hydrogen) atoms. The number of hydrogen-bond acceptors (Lipinski definition) is 5. The number of alkyl halides is 3. The first-order valence-electron chi connectivity index (χ1n) is 11.6. The monoisotopic (exact) mass is 565 g/mol. The molecule has 1 atom stereocenters. The van der Waals surface area contributed by atoms with Crippen molar-refractivity contribution in [3.8, 4) is 0 Å². The minimum Gasteiger partial charge on any atom is -0.342 e. The van der Waals surface area contributed by atoms with Crippen LogP contribution in [0.25, 0.3) is 0 Å². The molecule has 12 heteroatoms. The molecule has 2 N–H and O–H groups in total. The number of carbonyl (C=O) groups is 2. The van der Waals surface area contributed by atoms with Crippen LogP contribution in [0.2, 0.25) is 5.02 Å². The fourth-order valence-corrected chi connectivity index (χ4v) is 4.43. The van der Waals surface area contributed by atoms with Crippen LogP contribution in [-0.2, 0) is 17.5 Å². The SMILES string of the molecule is C=CCn1c(SCC(=O)Nc2cc(C(F)(F)F)ccc2Cl)nnc1[C@H](NC(=O)c1ccc(C)cc1)C(C)C. The van der Waals surface area contributed by atoms with E-state index in [0.717, 1.165) is 35.5 Å². The zero-order valence-electron chi connectivity index (χ0n) is 21.0. The minimum absolute atomic E-state index is 0.0162. The summed E-state index contributed by atoms with van der Waals surface area (Å²) in [5.41, 5.74) is 0.482. The molecule has 1 heterocycles. The van der Waals surface area contributed by atoms with E-state index in [4.69, 9.17) is 11.6 Å². The molecule has 2 aromatic carbocycles. The van der Waals surface area contributed by atoms with E-state index < -0.39 is 23.7 Å². The van der Waals surface area contributed by atoms with Gasteiger partial charge in [-0.05, 0) is 43.2 Å². The number of carbonyl (C=O) groups excluding carboxylic acids is 2. The maximum absolute atomic E-state index is 13.0. The van der Waals surface area contributed by atoms with E-state index in [9.17, 15) is 22.8 Å². The Hall–Kier alpha value is -3.31. The van der Waals surface area contributed by atoms with Crippen molar-refractivity contribution in [2.75, 3.05) is 11.1 Å². The van der Waals surface area contributed by atoms with Crippen LogP contribution in [0.15, 0.2) is 60.3 Å². The van der Waals surface area contributed by atoms with Crippen LogP contribution in [0, 0.1) is 12.8 Å². The summed E-state index contributed by atoms with van der Waals surface area (Å²) in [4.78, 5) is 25.4. The molecule has 0 fully saturated rings. The smallest absolute Gasteiger partial charge is 0.342 e. The molecule has 0 bridgehead atoms.